The van der Waals surface area contributed by atoms with Crippen LogP contribution in [0.4, 0.5) is 0 Å². The molecule has 3 nitrogen and oxygen atoms in total. The Morgan fingerprint density at radius 3 is 2.81 bits per heavy atom. The molecule has 0 spiro atoms. The van der Waals surface area contributed by atoms with Crippen LogP contribution >= 0.6 is 0 Å². The van der Waals surface area contributed by atoms with E-state index in [1.54, 1.807) is 0 Å². The average Bonchev–Trinajstić information content (AvgIpc) is 2.55. The van der Waals surface area contributed by atoms with Crippen LogP contribution in [-0.2, 0) is 0 Å². The molecule has 1 aliphatic heterocycles. The van der Waals surface area contributed by atoms with Gasteiger partial charge in [0.05, 0.1) is 17.8 Å². The van der Waals surface area contributed by atoms with E-state index in [1.165, 1.54) is 11.1 Å². The molecule has 1 fully saturated rings. The summed E-state index contributed by atoms with van der Waals surface area (Å²) in [7, 11) is 0. The van der Waals surface area contributed by atoms with E-state index in [1.807, 2.05) is 24.3 Å². The first-order valence-electron chi connectivity index (χ1n) is 7.42. The first-order chi connectivity index (χ1) is 10.3. The molecule has 1 aromatic carbocycles. The molecule has 0 amide bonds. The zero-order chi connectivity index (χ0) is 14.2. The molecule has 2 N–H and O–H groups in total. The quantitative estimate of drug-likeness (QED) is 0.828. The summed E-state index contributed by atoms with van der Waals surface area (Å²) in [6.07, 6.45) is 12.4. The van der Waals surface area contributed by atoms with Gasteiger partial charge in [-0.3, -0.25) is 10.6 Å². The standard InChI is InChI=1S/C18H17N3/c19-11-12-7-9-14(10-8-12)18-20-15-5-1-3-13-4-2-6-16(21-18)17(13)15/h1-5,7-10,15-18,20-21H,6H2. The van der Waals surface area contributed by atoms with Gasteiger partial charge >= 0.3 is 0 Å². The van der Waals surface area contributed by atoms with Crippen molar-refractivity contribution in [2.24, 2.45) is 5.92 Å². The number of benzene rings is 1. The number of hydrogen-bond acceptors (Lipinski definition) is 3. The second kappa shape index (κ2) is 5.00. The third kappa shape index (κ3) is 2.13. The van der Waals surface area contributed by atoms with Gasteiger partial charge in [0.1, 0.15) is 0 Å². The van der Waals surface area contributed by atoms with Gasteiger partial charge in [-0.2, -0.15) is 5.26 Å². The maximum absolute atomic E-state index is 8.91. The summed E-state index contributed by atoms with van der Waals surface area (Å²) < 4.78 is 0. The SMILES string of the molecule is N#Cc1ccc(C2NC3C=CC=C4C=CCC(N2)C43)cc1. The van der Waals surface area contributed by atoms with Crippen molar-refractivity contribution >= 4 is 0 Å². The van der Waals surface area contributed by atoms with Gasteiger partial charge < -0.3 is 0 Å². The first-order valence-corrected chi connectivity index (χ1v) is 7.42. The van der Waals surface area contributed by atoms with Gasteiger partial charge in [-0.05, 0) is 29.7 Å². The minimum atomic E-state index is 0.138. The Hall–Kier alpha value is -2.15. The number of nitrogens with one attached hydrogen (secondary N) is 2. The monoisotopic (exact) mass is 275 g/mol. The second-order valence-corrected chi connectivity index (χ2v) is 5.85. The Morgan fingerprint density at radius 1 is 1.14 bits per heavy atom. The molecular weight excluding hydrogens is 258 g/mol. The lowest BCUT2D eigenvalue weighted by Gasteiger charge is -2.46. The summed E-state index contributed by atoms with van der Waals surface area (Å²) in [6, 6.07) is 10.8. The lowest BCUT2D eigenvalue weighted by Crippen LogP contribution is -2.59. The van der Waals surface area contributed by atoms with Gasteiger partial charge in [-0.15, -0.1) is 0 Å². The average molecular weight is 275 g/mol. The highest BCUT2D eigenvalue weighted by molar-refractivity contribution is 5.39. The highest BCUT2D eigenvalue weighted by Gasteiger charge is 2.39. The third-order valence-corrected chi connectivity index (χ3v) is 4.63. The highest BCUT2D eigenvalue weighted by atomic mass is 15.2. The Bertz CT molecular complexity index is 675. The van der Waals surface area contributed by atoms with Crippen molar-refractivity contribution in [3.05, 3.63) is 71.3 Å². The fourth-order valence-corrected chi connectivity index (χ4v) is 3.60. The van der Waals surface area contributed by atoms with Gasteiger partial charge in [0.25, 0.3) is 0 Å². The number of rotatable bonds is 1. The second-order valence-electron chi connectivity index (χ2n) is 5.85. The Labute approximate surface area is 124 Å². The van der Waals surface area contributed by atoms with Crippen LogP contribution < -0.4 is 10.6 Å². The third-order valence-electron chi connectivity index (χ3n) is 4.63. The van der Waals surface area contributed by atoms with E-state index in [4.69, 9.17) is 5.26 Å². The van der Waals surface area contributed by atoms with Crippen LogP contribution in [0.2, 0.25) is 0 Å². The Kier molecular flexibility index (Phi) is 2.99. The lowest BCUT2D eigenvalue weighted by molar-refractivity contribution is 0.207. The molecule has 1 heterocycles. The summed E-state index contributed by atoms with van der Waals surface area (Å²) in [5.41, 5.74) is 3.30. The number of nitriles is 1. The summed E-state index contributed by atoms with van der Waals surface area (Å²) in [6.45, 7) is 0. The van der Waals surface area contributed by atoms with Gasteiger partial charge in [0, 0.05) is 18.0 Å². The van der Waals surface area contributed by atoms with Crippen LogP contribution in [0, 0.1) is 17.2 Å². The molecule has 0 aromatic heterocycles. The maximum atomic E-state index is 8.91. The van der Waals surface area contributed by atoms with Crippen LogP contribution in [0.3, 0.4) is 0 Å². The fraction of sp³-hybridized carbons (Fsp3) is 0.278. The molecule has 0 radical (unpaired) electrons. The minimum absolute atomic E-state index is 0.138. The Morgan fingerprint density at radius 2 is 2.00 bits per heavy atom. The van der Waals surface area contributed by atoms with Gasteiger partial charge in [0.15, 0.2) is 0 Å². The zero-order valence-corrected chi connectivity index (χ0v) is 11.7. The first kappa shape index (κ1) is 12.6. The van der Waals surface area contributed by atoms with Crippen molar-refractivity contribution in [2.75, 3.05) is 0 Å². The van der Waals surface area contributed by atoms with Crippen molar-refractivity contribution in [1.82, 2.24) is 10.6 Å². The summed E-state index contributed by atoms with van der Waals surface area (Å²) >= 11 is 0. The van der Waals surface area contributed by atoms with Crippen LogP contribution in [0.15, 0.2) is 60.2 Å². The lowest BCUT2D eigenvalue weighted by atomic mass is 9.75. The molecule has 4 rings (SSSR count). The van der Waals surface area contributed by atoms with Crippen LogP contribution in [0.5, 0.6) is 0 Å². The fourth-order valence-electron chi connectivity index (χ4n) is 3.60. The van der Waals surface area contributed by atoms with Crippen LogP contribution in [-0.4, -0.2) is 12.1 Å². The summed E-state index contributed by atoms with van der Waals surface area (Å²) in [4.78, 5) is 0. The normalized spacial score (nSPS) is 33.0. The summed E-state index contributed by atoms with van der Waals surface area (Å²) in [5, 5.41) is 16.3. The Balaban J connectivity index is 1.62. The van der Waals surface area contributed by atoms with E-state index in [2.05, 4.69) is 47.1 Å². The van der Waals surface area contributed by atoms with Crippen molar-refractivity contribution in [3.63, 3.8) is 0 Å². The molecule has 0 saturated carbocycles. The van der Waals surface area contributed by atoms with Gasteiger partial charge in [0.2, 0.25) is 0 Å². The van der Waals surface area contributed by atoms with E-state index < -0.39 is 0 Å². The van der Waals surface area contributed by atoms with E-state index >= 15 is 0 Å². The summed E-state index contributed by atoms with van der Waals surface area (Å²) in [5.74, 6) is 0.523. The van der Waals surface area contributed by atoms with Crippen LogP contribution in [0.1, 0.15) is 23.7 Å². The molecule has 3 heteroatoms. The van der Waals surface area contributed by atoms with Crippen molar-refractivity contribution in [3.8, 4) is 6.07 Å². The predicted octanol–water partition coefficient (Wildman–Crippen LogP) is 2.56. The predicted molar refractivity (Wildman–Crippen MR) is 82.2 cm³/mol. The topological polar surface area (TPSA) is 47.9 Å². The van der Waals surface area contributed by atoms with E-state index in [0.29, 0.717) is 23.6 Å². The molecule has 0 bridgehead atoms. The van der Waals surface area contributed by atoms with Gasteiger partial charge in [-0.1, -0.05) is 42.5 Å². The molecule has 1 saturated heterocycles. The molecule has 104 valence electrons. The number of hydrogen-bond donors (Lipinski definition) is 2. The number of nitrogens with zero attached hydrogens (tertiary/aromatic N) is 1. The zero-order valence-electron chi connectivity index (χ0n) is 11.7. The van der Waals surface area contributed by atoms with Crippen molar-refractivity contribution < 1.29 is 0 Å². The van der Waals surface area contributed by atoms with Gasteiger partial charge in [-0.25, -0.2) is 0 Å². The maximum Gasteiger partial charge on any atom is 0.0991 e. The van der Waals surface area contributed by atoms with E-state index in [-0.39, 0.29) is 6.17 Å². The van der Waals surface area contributed by atoms with E-state index in [9.17, 15) is 0 Å². The molecule has 21 heavy (non-hydrogen) atoms. The smallest absolute Gasteiger partial charge is 0.0991 e. The molecular formula is C18H17N3. The molecule has 4 unspecified atom stereocenters. The number of allylic oxidation sites excluding steroid dienone is 3. The molecule has 3 aliphatic rings. The van der Waals surface area contributed by atoms with Crippen molar-refractivity contribution in [2.45, 2.75) is 24.7 Å². The largest absolute Gasteiger partial charge is 0.294 e. The molecule has 2 aliphatic carbocycles. The minimum Gasteiger partial charge on any atom is -0.294 e. The van der Waals surface area contributed by atoms with Crippen molar-refractivity contribution in [1.29, 1.82) is 5.26 Å². The molecule has 4 atom stereocenters. The highest BCUT2D eigenvalue weighted by Crippen LogP contribution is 2.35. The van der Waals surface area contributed by atoms with Crippen LogP contribution in [0.25, 0.3) is 0 Å². The molecule has 1 aromatic rings. The van der Waals surface area contributed by atoms with E-state index in [0.717, 1.165) is 6.42 Å².